The zero-order valence-electron chi connectivity index (χ0n) is 16.9. The molecule has 0 atom stereocenters. The highest BCUT2D eigenvalue weighted by molar-refractivity contribution is 7.92. The predicted octanol–water partition coefficient (Wildman–Crippen LogP) is 4.17. The second kappa shape index (κ2) is 8.97. The Kier molecular flexibility index (Phi) is 6.11. The molecule has 0 spiro atoms. The predicted molar refractivity (Wildman–Crippen MR) is 121 cm³/mol. The number of carbonyl (C=O) groups is 1. The summed E-state index contributed by atoms with van der Waals surface area (Å²) in [7, 11) is -2.54. The Morgan fingerprint density at radius 1 is 0.969 bits per heavy atom. The summed E-state index contributed by atoms with van der Waals surface area (Å²) in [6.07, 6.45) is 0. The molecule has 0 fully saturated rings. The van der Waals surface area contributed by atoms with E-state index in [1.807, 2.05) is 0 Å². The standard InChI is InChI=1S/C22H19ClN2O6S/c1-29-19-9-7-17(13-18(19)24-22(26)14-2-4-15(23)5-3-14)32(27,28)25-16-6-8-20-21(12-16)31-11-10-30-20/h2-9,12-13,25H,10-11H2,1H3,(H,24,26). The third kappa shape index (κ3) is 4.74. The van der Waals surface area contributed by atoms with E-state index in [2.05, 4.69) is 10.0 Å². The maximum atomic E-state index is 13.0. The van der Waals surface area contributed by atoms with Crippen molar-refractivity contribution < 1.29 is 27.4 Å². The van der Waals surface area contributed by atoms with Crippen molar-refractivity contribution in [3.05, 3.63) is 71.2 Å². The monoisotopic (exact) mass is 474 g/mol. The van der Waals surface area contributed by atoms with Crippen LogP contribution in [-0.2, 0) is 10.0 Å². The first-order chi connectivity index (χ1) is 15.4. The van der Waals surface area contributed by atoms with Crippen molar-refractivity contribution in [2.24, 2.45) is 0 Å². The molecule has 1 amide bonds. The van der Waals surface area contributed by atoms with Crippen molar-refractivity contribution in [3.8, 4) is 17.2 Å². The van der Waals surface area contributed by atoms with Crippen LogP contribution < -0.4 is 24.2 Å². The van der Waals surface area contributed by atoms with Gasteiger partial charge in [0.25, 0.3) is 15.9 Å². The number of fused-ring (bicyclic) bond motifs is 1. The molecule has 1 heterocycles. The normalized spacial score (nSPS) is 12.7. The van der Waals surface area contributed by atoms with Crippen LogP contribution in [0, 0.1) is 0 Å². The van der Waals surface area contributed by atoms with Crippen LogP contribution in [0.4, 0.5) is 11.4 Å². The largest absolute Gasteiger partial charge is 0.495 e. The zero-order chi connectivity index (χ0) is 22.7. The Morgan fingerprint density at radius 3 is 2.41 bits per heavy atom. The van der Waals surface area contributed by atoms with Gasteiger partial charge in [-0.15, -0.1) is 0 Å². The first-order valence-electron chi connectivity index (χ1n) is 9.53. The summed E-state index contributed by atoms with van der Waals surface area (Å²) in [5, 5.41) is 3.18. The van der Waals surface area contributed by atoms with E-state index in [-0.39, 0.29) is 10.6 Å². The Hall–Kier alpha value is -3.43. The van der Waals surface area contributed by atoms with Gasteiger partial charge in [-0.2, -0.15) is 0 Å². The molecule has 1 aliphatic heterocycles. The van der Waals surface area contributed by atoms with Crippen molar-refractivity contribution >= 4 is 38.9 Å². The molecule has 4 rings (SSSR count). The molecule has 0 aromatic heterocycles. The zero-order valence-corrected chi connectivity index (χ0v) is 18.5. The Labute approximate surface area is 190 Å². The quantitative estimate of drug-likeness (QED) is 0.555. The summed E-state index contributed by atoms with van der Waals surface area (Å²) in [4.78, 5) is 12.5. The van der Waals surface area contributed by atoms with Gasteiger partial charge >= 0.3 is 0 Å². The number of amides is 1. The van der Waals surface area contributed by atoms with E-state index in [0.717, 1.165) is 0 Å². The average Bonchev–Trinajstić information content (AvgIpc) is 2.79. The molecule has 2 N–H and O–H groups in total. The second-order valence-electron chi connectivity index (χ2n) is 6.79. The van der Waals surface area contributed by atoms with Gasteiger partial charge in [0.2, 0.25) is 0 Å². The highest BCUT2D eigenvalue weighted by Gasteiger charge is 2.20. The van der Waals surface area contributed by atoms with Gasteiger partial charge in [0.1, 0.15) is 19.0 Å². The Balaban J connectivity index is 1.59. The van der Waals surface area contributed by atoms with Crippen LogP contribution in [-0.4, -0.2) is 34.6 Å². The number of benzene rings is 3. The van der Waals surface area contributed by atoms with E-state index in [0.29, 0.717) is 46.7 Å². The fourth-order valence-electron chi connectivity index (χ4n) is 3.07. The van der Waals surface area contributed by atoms with Crippen molar-refractivity contribution in [1.29, 1.82) is 0 Å². The van der Waals surface area contributed by atoms with Crippen LogP contribution in [0.1, 0.15) is 10.4 Å². The van der Waals surface area contributed by atoms with Crippen LogP contribution >= 0.6 is 11.6 Å². The molecule has 166 valence electrons. The molecule has 0 aliphatic carbocycles. The number of carbonyl (C=O) groups excluding carboxylic acids is 1. The van der Waals surface area contributed by atoms with Crippen molar-refractivity contribution in [3.63, 3.8) is 0 Å². The number of ether oxygens (including phenoxy) is 3. The number of anilines is 2. The number of methoxy groups -OCH3 is 1. The Morgan fingerprint density at radius 2 is 1.69 bits per heavy atom. The minimum absolute atomic E-state index is 0.0559. The summed E-state index contributed by atoms with van der Waals surface area (Å²) in [5.74, 6) is 0.887. The molecule has 3 aromatic rings. The molecule has 32 heavy (non-hydrogen) atoms. The fraction of sp³-hybridized carbons (Fsp3) is 0.136. The van der Waals surface area contributed by atoms with Crippen LogP contribution in [0.25, 0.3) is 0 Å². The number of hydrogen-bond donors (Lipinski definition) is 2. The topological polar surface area (TPSA) is 103 Å². The molecular formula is C22H19ClN2O6S. The summed E-state index contributed by atoms with van der Waals surface area (Å²) in [6.45, 7) is 0.826. The summed E-state index contributed by atoms with van der Waals surface area (Å²) in [6, 6.07) is 15.3. The lowest BCUT2D eigenvalue weighted by molar-refractivity contribution is 0.102. The molecule has 0 radical (unpaired) electrons. The maximum Gasteiger partial charge on any atom is 0.261 e. The third-order valence-corrected chi connectivity index (χ3v) is 6.26. The van der Waals surface area contributed by atoms with Crippen LogP contribution in [0.3, 0.4) is 0 Å². The molecule has 8 nitrogen and oxygen atoms in total. The van der Waals surface area contributed by atoms with E-state index in [1.165, 1.54) is 25.3 Å². The van der Waals surface area contributed by atoms with Gasteiger partial charge in [-0.05, 0) is 54.6 Å². The lowest BCUT2D eigenvalue weighted by Gasteiger charge is -2.19. The lowest BCUT2D eigenvalue weighted by atomic mass is 10.2. The summed E-state index contributed by atoms with van der Waals surface area (Å²) < 4.78 is 44.6. The van der Waals surface area contributed by atoms with Crippen LogP contribution in [0.15, 0.2) is 65.6 Å². The van der Waals surface area contributed by atoms with Gasteiger partial charge in [0.15, 0.2) is 11.5 Å². The number of halogens is 1. The molecule has 0 unspecified atom stereocenters. The fourth-order valence-corrected chi connectivity index (χ4v) is 4.27. The third-order valence-electron chi connectivity index (χ3n) is 4.63. The molecule has 1 aliphatic rings. The molecular weight excluding hydrogens is 456 g/mol. The van der Waals surface area contributed by atoms with Crippen molar-refractivity contribution in [2.75, 3.05) is 30.4 Å². The van der Waals surface area contributed by atoms with Gasteiger partial charge in [0, 0.05) is 16.7 Å². The number of nitrogens with one attached hydrogen (secondary N) is 2. The molecule has 3 aromatic carbocycles. The van der Waals surface area contributed by atoms with Gasteiger partial charge < -0.3 is 19.5 Å². The van der Waals surface area contributed by atoms with Gasteiger partial charge in [0.05, 0.1) is 23.4 Å². The maximum absolute atomic E-state index is 13.0. The van der Waals surface area contributed by atoms with E-state index in [1.54, 1.807) is 42.5 Å². The van der Waals surface area contributed by atoms with Crippen molar-refractivity contribution in [2.45, 2.75) is 4.90 Å². The van der Waals surface area contributed by atoms with E-state index >= 15 is 0 Å². The molecule has 0 saturated heterocycles. The highest BCUT2D eigenvalue weighted by atomic mass is 35.5. The van der Waals surface area contributed by atoms with Gasteiger partial charge in [-0.3, -0.25) is 9.52 Å². The van der Waals surface area contributed by atoms with Gasteiger partial charge in [-0.25, -0.2) is 8.42 Å². The summed E-state index contributed by atoms with van der Waals surface area (Å²) in [5.41, 5.74) is 0.883. The van der Waals surface area contributed by atoms with Crippen LogP contribution in [0.5, 0.6) is 17.2 Å². The summed E-state index contributed by atoms with van der Waals surface area (Å²) >= 11 is 5.86. The highest BCUT2D eigenvalue weighted by Crippen LogP contribution is 2.34. The first kappa shape index (κ1) is 21.8. The SMILES string of the molecule is COc1ccc(S(=O)(=O)Nc2ccc3c(c2)OCCO3)cc1NC(=O)c1ccc(Cl)cc1. The van der Waals surface area contributed by atoms with E-state index < -0.39 is 15.9 Å². The Bertz CT molecular complexity index is 1260. The number of rotatable bonds is 6. The van der Waals surface area contributed by atoms with Gasteiger partial charge in [-0.1, -0.05) is 11.6 Å². The number of hydrogen-bond acceptors (Lipinski definition) is 6. The lowest BCUT2D eigenvalue weighted by Crippen LogP contribution is -2.17. The van der Waals surface area contributed by atoms with Crippen molar-refractivity contribution in [1.82, 2.24) is 0 Å². The van der Waals surface area contributed by atoms with E-state index in [9.17, 15) is 13.2 Å². The second-order valence-corrected chi connectivity index (χ2v) is 8.91. The molecule has 0 bridgehead atoms. The molecule has 0 saturated carbocycles. The smallest absolute Gasteiger partial charge is 0.261 e. The first-order valence-corrected chi connectivity index (χ1v) is 11.4. The molecule has 10 heteroatoms. The van der Waals surface area contributed by atoms with E-state index in [4.69, 9.17) is 25.8 Å². The van der Waals surface area contributed by atoms with Crippen LogP contribution in [0.2, 0.25) is 5.02 Å². The number of sulfonamides is 1. The minimum Gasteiger partial charge on any atom is -0.495 e. The average molecular weight is 475 g/mol. The minimum atomic E-state index is -3.96.